The van der Waals surface area contributed by atoms with Crippen molar-refractivity contribution in [2.75, 3.05) is 19.6 Å². The Bertz CT molecular complexity index is 844. The van der Waals surface area contributed by atoms with E-state index in [0.717, 1.165) is 25.9 Å². The van der Waals surface area contributed by atoms with Gasteiger partial charge in [0, 0.05) is 12.1 Å². The van der Waals surface area contributed by atoms with Crippen LogP contribution in [0, 0.1) is 5.92 Å². The van der Waals surface area contributed by atoms with Crippen LogP contribution >= 0.6 is 0 Å². The molecule has 5 nitrogen and oxygen atoms in total. The molecule has 1 amide bonds. The molecule has 1 heterocycles. The maximum absolute atomic E-state index is 12.5. The Hall–Kier alpha value is -2.18. The summed E-state index contributed by atoms with van der Waals surface area (Å²) in [5.41, 5.74) is 1.11. The minimum absolute atomic E-state index is 0.119. The highest BCUT2D eigenvalue weighted by Crippen LogP contribution is 2.17. The average molecular weight is 372 g/mol. The van der Waals surface area contributed by atoms with Gasteiger partial charge in [0.25, 0.3) is 5.91 Å². The fourth-order valence-electron chi connectivity index (χ4n) is 3.19. The van der Waals surface area contributed by atoms with E-state index in [1.807, 2.05) is 0 Å². The molecule has 0 bridgehead atoms. The number of rotatable bonds is 7. The normalized spacial score (nSPS) is 17.2. The second kappa shape index (κ2) is 8.47. The molecule has 2 aromatic rings. The van der Waals surface area contributed by atoms with Crippen molar-refractivity contribution in [3.8, 4) is 0 Å². The van der Waals surface area contributed by atoms with Crippen LogP contribution in [0.15, 0.2) is 59.5 Å². The van der Waals surface area contributed by atoms with Crippen molar-refractivity contribution in [2.24, 2.45) is 5.92 Å². The lowest BCUT2D eigenvalue weighted by molar-refractivity contribution is 0.0951. The Morgan fingerprint density at radius 3 is 2.65 bits per heavy atom. The molecule has 1 aliphatic heterocycles. The van der Waals surface area contributed by atoms with Gasteiger partial charge in [-0.05, 0) is 61.7 Å². The molecular weight excluding hydrogens is 348 g/mol. The third-order valence-corrected chi connectivity index (χ3v) is 6.35. The van der Waals surface area contributed by atoms with E-state index in [1.54, 1.807) is 54.6 Å². The summed E-state index contributed by atoms with van der Waals surface area (Å²) in [7, 11) is -3.42. The Morgan fingerprint density at radius 2 is 1.92 bits per heavy atom. The van der Waals surface area contributed by atoms with Gasteiger partial charge in [-0.2, -0.15) is 0 Å². The van der Waals surface area contributed by atoms with Crippen LogP contribution in [0.2, 0.25) is 0 Å². The highest BCUT2D eigenvalue weighted by atomic mass is 32.2. The van der Waals surface area contributed by atoms with Crippen molar-refractivity contribution in [2.45, 2.75) is 23.5 Å². The standard InChI is InChI=1S/C20H24N2O3S/c23-20(22-12-10-16-9-11-21-14-16)18-6-4-5-17(13-18)15-26(24,25)19-7-2-1-3-8-19/h1-8,13,16,21H,9-12,14-15H2,(H,22,23). The molecule has 0 spiro atoms. The molecule has 1 saturated heterocycles. The van der Waals surface area contributed by atoms with Crippen molar-refractivity contribution in [1.29, 1.82) is 0 Å². The highest BCUT2D eigenvalue weighted by molar-refractivity contribution is 7.90. The molecule has 6 heteroatoms. The maximum atomic E-state index is 12.5. The van der Waals surface area contributed by atoms with Crippen LogP contribution in [-0.2, 0) is 15.6 Å². The first-order valence-electron chi connectivity index (χ1n) is 8.90. The molecule has 138 valence electrons. The van der Waals surface area contributed by atoms with E-state index in [1.165, 1.54) is 0 Å². The third-order valence-electron chi connectivity index (χ3n) is 4.65. The summed E-state index contributed by atoms with van der Waals surface area (Å²) in [6.45, 7) is 2.71. The summed E-state index contributed by atoms with van der Waals surface area (Å²) in [6.07, 6.45) is 2.11. The average Bonchev–Trinajstić information content (AvgIpc) is 3.16. The number of nitrogens with one attached hydrogen (secondary N) is 2. The number of hydrogen-bond donors (Lipinski definition) is 2. The maximum Gasteiger partial charge on any atom is 0.251 e. The molecule has 1 unspecified atom stereocenters. The Labute approximate surface area is 154 Å². The summed E-state index contributed by atoms with van der Waals surface area (Å²) < 4.78 is 25.0. The van der Waals surface area contributed by atoms with Crippen LogP contribution in [0.4, 0.5) is 0 Å². The molecule has 3 rings (SSSR count). The molecule has 1 aliphatic rings. The van der Waals surface area contributed by atoms with Gasteiger partial charge in [-0.15, -0.1) is 0 Å². The number of hydrogen-bond acceptors (Lipinski definition) is 4. The molecular formula is C20H24N2O3S. The lowest BCUT2D eigenvalue weighted by atomic mass is 10.1. The van der Waals surface area contributed by atoms with E-state index in [9.17, 15) is 13.2 Å². The van der Waals surface area contributed by atoms with Gasteiger partial charge in [0.1, 0.15) is 0 Å². The quantitative estimate of drug-likeness (QED) is 0.783. The molecule has 26 heavy (non-hydrogen) atoms. The number of carbonyl (C=O) groups excluding carboxylic acids is 1. The van der Waals surface area contributed by atoms with Crippen LogP contribution in [0.25, 0.3) is 0 Å². The predicted octanol–water partition coefficient (Wildman–Crippen LogP) is 2.39. The number of benzene rings is 2. The molecule has 2 N–H and O–H groups in total. The molecule has 0 radical (unpaired) electrons. The largest absolute Gasteiger partial charge is 0.352 e. The van der Waals surface area contributed by atoms with Crippen LogP contribution in [-0.4, -0.2) is 34.0 Å². The molecule has 0 aliphatic carbocycles. The number of sulfone groups is 1. The van der Waals surface area contributed by atoms with Gasteiger partial charge in [0.05, 0.1) is 10.6 Å². The van der Waals surface area contributed by atoms with Gasteiger partial charge >= 0.3 is 0 Å². The fraction of sp³-hybridized carbons (Fsp3) is 0.350. The van der Waals surface area contributed by atoms with Gasteiger partial charge in [-0.25, -0.2) is 8.42 Å². The second-order valence-corrected chi connectivity index (χ2v) is 8.67. The third kappa shape index (κ3) is 4.93. The first-order chi connectivity index (χ1) is 12.5. The minimum atomic E-state index is -3.42. The van der Waals surface area contributed by atoms with E-state index < -0.39 is 9.84 Å². The van der Waals surface area contributed by atoms with Gasteiger partial charge in [-0.3, -0.25) is 4.79 Å². The van der Waals surface area contributed by atoms with Crippen molar-refractivity contribution in [3.05, 3.63) is 65.7 Å². The highest BCUT2D eigenvalue weighted by Gasteiger charge is 2.17. The molecule has 2 aromatic carbocycles. The van der Waals surface area contributed by atoms with Crippen molar-refractivity contribution in [3.63, 3.8) is 0 Å². The second-order valence-electron chi connectivity index (χ2n) is 6.68. The zero-order chi connectivity index (χ0) is 18.4. The van der Waals surface area contributed by atoms with Crippen molar-refractivity contribution >= 4 is 15.7 Å². The summed E-state index contributed by atoms with van der Waals surface area (Å²) in [4.78, 5) is 12.6. The van der Waals surface area contributed by atoms with E-state index in [-0.39, 0.29) is 11.7 Å². The molecule has 0 saturated carbocycles. The molecule has 1 fully saturated rings. The zero-order valence-corrected chi connectivity index (χ0v) is 15.5. The Morgan fingerprint density at radius 1 is 1.12 bits per heavy atom. The van der Waals surface area contributed by atoms with Gasteiger partial charge in [0.15, 0.2) is 9.84 Å². The SMILES string of the molecule is O=C(NCCC1CCNC1)c1cccc(CS(=O)(=O)c2ccccc2)c1. The number of amides is 1. The first kappa shape index (κ1) is 18.6. The molecule has 1 atom stereocenters. The lowest BCUT2D eigenvalue weighted by Crippen LogP contribution is -2.26. The Balaban J connectivity index is 1.61. The zero-order valence-electron chi connectivity index (χ0n) is 14.6. The van der Waals surface area contributed by atoms with Crippen LogP contribution < -0.4 is 10.6 Å². The fourth-order valence-corrected chi connectivity index (χ4v) is 4.54. The Kier molecular flexibility index (Phi) is 6.06. The van der Waals surface area contributed by atoms with E-state index in [4.69, 9.17) is 0 Å². The van der Waals surface area contributed by atoms with Gasteiger partial charge < -0.3 is 10.6 Å². The number of carbonyl (C=O) groups is 1. The van der Waals surface area contributed by atoms with E-state index in [0.29, 0.717) is 28.5 Å². The lowest BCUT2D eigenvalue weighted by Gasteiger charge is -2.10. The van der Waals surface area contributed by atoms with Crippen LogP contribution in [0.1, 0.15) is 28.8 Å². The van der Waals surface area contributed by atoms with Gasteiger partial charge in [-0.1, -0.05) is 30.3 Å². The van der Waals surface area contributed by atoms with E-state index >= 15 is 0 Å². The van der Waals surface area contributed by atoms with Gasteiger partial charge in [0.2, 0.25) is 0 Å². The van der Waals surface area contributed by atoms with Crippen molar-refractivity contribution in [1.82, 2.24) is 10.6 Å². The summed E-state index contributed by atoms with van der Waals surface area (Å²) in [5.74, 6) is 0.346. The smallest absolute Gasteiger partial charge is 0.251 e. The topological polar surface area (TPSA) is 75.3 Å². The minimum Gasteiger partial charge on any atom is -0.352 e. The van der Waals surface area contributed by atoms with Crippen LogP contribution in [0.3, 0.4) is 0 Å². The van der Waals surface area contributed by atoms with Crippen LogP contribution in [0.5, 0.6) is 0 Å². The monoisotopic (exact) mass is 372 g/mol. The van der Waals surface area contributed by atoms with E-state index in [2.05, 4.69) is 10.6 Å². The molecule has 0 aromatic heterocycles. The predicted molar refractivity (Wildman–Crippen MR) is 102 cm³/mol. The summed E-state index contributed by atoms with van der Waals surface area (Å²) >= 11 is 0. The summed E-state index contributed by atoms with van der Waals surface area (Å²) in [5, 5.41) is 6.25. The summed E-state index contributed by atoms with van der Waals surface area (Å²) in [6, 6.07) is 15.2. The van der Waals surface area contributed by atoms with Crippen molar-refractivity contribution < 1.29 is 13.2 Å². The first-order valence-corrected chi connectivity index (χ1v) is 10.6.